The van der Waals surface area contributed by atoms with Crippen molar-refractivity contribution in [3.8, 4) is 0 Å². The van der Waals surface area contributed by atoms with Crippen molar-refractivity contribution in [2.75, 3.05) is 7.11 Å². The molecule has 19 heavy (non-hydrogen) atoms. The van der Waals surface area contributed by atoms with E-state index in [1.54, 1.807) is 18.7 Å². The van der Waals surface area contributed by atoms with E-state index in [0.29, 0.717) is 22.2 Å². The van der Waals surface area contributed by atoms with E-state index in [1.165, 1.54) is 11.3 Å². The fourth-order valence-electron chi connectivity index (χ4n) is 1.63. The third kappa shape index (κ3) is 2.69. The Balaban J connectivity index is 2.35. The van der Waals surface area contributed by atoms with Gasteiger partial charge in [-0.3, -0.25) is 4.99 Å². The number of thiazole rings is 1. The average Bonchev–Trinajstić information content (AvgIpc) is 2.80. The molecule has 1 aromatic heterocycles. The normalized spacial score (nSPS) is 18.8. The molecule has 1 aliphatic rings. The molecule has 0 aliphatic carbocycles. The van der Waals surface area contributed by atoms with E-state index in [-0.39, 0.29) is 5.96 Å². The first-order valence-electron chi connectivity index (χ1n) is 5.45. The number of ether oxygens (including phenoxy) is 1. The van der Waals surface area contributed by atoms with Gasteiger partial charge in [-0.2, -0.15) is 4.99 Å². The predicted octanol–water partition coefficient (Wildman–Crippen LogP) is 0.898. The quantitative estimate of drug-likeness (QED) is 0.561. The summed E-state index contributed by atoms with van der Waals surface area (Å²) in [6.07, 6.45) is 1.18. The summed E-state index contributed by atoms with van der Waals surface area (Å²) in [5.74, 6) is -0.0362. The number of hydrogen-bond donors (Lipinski definition) is 3. The smallest absolute Gasteiger partial charge is 0.212 e. The summed E-state index contributed by atoms with van der Waals surface area (Å²) < 4.78 is 5.14. The number of hydrogen-bond acceptors (Lipinski definition) is 6. The topological polar surface area (TPSA) is 123 Å². The molecule has 1 unspecified atom stereocenters. The Kier molecular flexibility index (Phi) is 3.72. The van der Waals surface area contributed by atoms with E-state index in [1.807, 2.05) is 6.92 Å². The van der Waals surface area contributed by atoms with Crippen LogP contribution in [0.25, 0.3) is 5.70 Å². The minimum absolute atomic E-state index is 0.0362. The second kappa shape index (κ2) is 5.29. The molecule has 0 bridgehead atoms. The summed E-state index contributed by atoms with van der Waals surface area (Å²) in [5, 5.41) is 10.3. The first-order valence-corrected chi connectivity index (χ1v) is 6.33. The number of nitrogens with one attached hydrogen (secondary N) is 1. The van der Waals surface area contributed by atoms with E-state index in [9.17, 15) is 0 Å². The molecule has 0 radical (unpaired) electrons. The van der Waals surface area contributed by atoms with Crippen molar-refractivity contribution in [3.05, 3.63) is 16.6 Å². The molecule has 1 atom stereocenters. The Bertz CT molecular complexity index is 596. The third-order valence-electron chi connectivity index (χ3n) is 2.60. The van der Waals surface area contributed by atoms with Crippen LogP contribution in [0.2, 0.25) is 0 Å². The molecule has 1 aromatic rings. The molecule has 1 aliphatic heterocycles. The van der Waals surface area contributed by atoms with Gasteiger partial charge in [-0.15, -0.1) is 11.3 Å². The highest BCUT2D eigenvalue weighted by atomic mass is 32.1. The van der Waals surface area contributed by atoms with E-state index < -0.39 is 6.10 Å². The lowest BCUT2D eigenvalue weighted by molar-refractivity contribution is 0.207. The number of nitrogens with zero attached hydrogens (tertiary/aromatic N) is 3. The predicted molar refractivity (Wildman–Crippen MR) is 77.2 cm³/mol. The van der Waals surface area contributed by atoms with Crippen LogP contribution in [0.3, 0.4) is 0 Å². The van der Waals surface area contributed by atoms with Gasteiger partial charge in [-0.25, -0.2) is 4.98 Å². The van der Waals surface area contributed by atoms with Gasteiger partial charge in [0.2, 0.25) is 5.13 Å². The van der Waals surface area contributed by atoms with Gasteiger partial charge < -0.3 is 21.6 Å². The summed E-state index contributed by atoms with van der Waals surface area (Å²) in [7, 11) is 1.54. The maximum atomic E-state index is 7.99. The zero-order valence-corrected chi connectivity index (χ0v) is 11.4. The molecule has 8 heteroatoms. The van der Waals surface area contributed by atoms with Gasteiger partial charge in [0, 0.05) is 24.3 Å². The summed E-state index contributed by atoms with van der Waals surface area (Å²) in [6.45, 7) is 1.82. The maximum Gasteiger partial charge on any atom is 0.212 e. The number of nitrogens with two attached hydrogens (primary N) is 2. The highest BCUT2D eigenvalue weighted by Crippen LogP contribution is 2.29. The standard InChI is InChI=1S/C11H14N6OS/c1-5-8(12)7(18-2)3-15-9(5)6-4-19-11(16-6)17-10(13)14/h3-4,7,12H,1-2H3,(H4,13,14,16,17). The van der Waals surface area contributed by atoms with Crippen molar-refractivity contribution in [2.45, 2.75) is 13.0 Å². The minimum Gasteiger partial charge on any atom is -0.370 e. The largest absolute Gasteiger partial charge is 0.370 e. The molecule has 2 heterocycles. The zero-order valence-electron chi connectivity index (χ0n) is 10.5. The highest BCUT2D eigenvalue weighted by Gasteiger charge is 2.22. The van der Waals surface area contributed by atoms with Crippen LogP contribution < -0.4 is 11.5 Å². The van der Waals surface area contributed by atoms with Gasteiger partial charge in [0.25, 0.3) is 0 Å². The second-order valence-electron chi connectivity index (χ2n) is 3.87. The van der Waals surface area contributed by atoms with Crippen molar-refractivity contribution < 1.29 is 4.74 Å². The van der Waals surface area contributed by atoms with Crippen LogP contribution in [-0.2, 0) is 4.74 Å². The molecule has 5 N–H and O–H groups in total. The summed E-state index contributed by atoms with van der Waals surface area (Å²) >= 11 is 1.31. The van der Waals surface area contributed by atoms with Gasteiger partial charge in [0.15, 0.2) is 5.96 Å². The van der Waals surface area contributed by atoms with Crippen molar-refractivity contribution >= 4 is 40.1 Å². The number of guanidine groups is 1. The summed E-state index contributed by atoms with van der Waals surface area (Å²) in [5.41, 5.74) is 13.0. The van der Waals surface area contributed by atoms with Crippen LogP contribution in [-0.4, -0.2) is 36.1 Å². The Labute approximate surface area is 114 Å². The van der Waals surface area contributed by atoms with Gasteiger partial charge in [-0.05, 0) is 6.92 Å². The molecule has 2 rings (SSSR count). The molecule has 0 amide bonds. The van der Waals surface area contributed by atoms with Gasteiger partial charge in [0.05, 0.1) is 11.4 Å². The van der Waals surface area contributed by atoms with Crippen molar-refractivity contribution in [1.29, 1.82) is 5.41 Å². The lowest BCUT2D eigenvalue weighted by Crippen LogP contribution is -2.28. The Morgan fingerprint density at radius 3 is 2.89 bits per heavy atom. The Morgan fingerprint density at radius 2 is 2.26 bits per heavy atom. The Hall–Kier alpha value is -2.06. The molecule has 0 saturated heterocycles. The number of methoxy groups -OCH3 is 1. The van der Waals surface area contributed by atoms with Crippen LogP contribution in [0.15, 0.2) is 20.9 Å². The van der Waals surface area contributed by atoms with Crippen molar-refractivity contribution in [1.82, 2.24) is 4.98 Å². The zero-order chi connectivity index (χ0) is 14.0. The van der Waals surface area contributed by atoms with E-state index >= 15 is 0 Å². The fraction of sp³-hybridized carbons (Fsp3) is 0.273. The molecule has 0 fully saturated rings. The molecule has 0 aromatic carbocycles. The van der Waals surface area contributed by atoms with Crippen molar-refractivity contribution in [2.24, 2.45) is 21.5 Å². The molecule has 7 nitrogen and oxygen atoms in total. The molecule has 0 spiro atoms. The fourth-order valence-corrected chi connectivity index (χ4v) is 2.32. The van der Waals surface area contributed by atoms with Crippen LogP contribution in [0.1, 0.15) is 12.6 Å². The lowest BCUT2D eigenvalue weighted by Gasteiger charge is -2.18. The second-order valence-corrected chi connectivity index (χ2v) is 4.71. The summed E-state index contributed by atoms with van der Waals surface area (Å²) in [4.78, 5) is 12.4. The number of rotatable bonds is 3. The molecule has 0 saturated carbocycles. The third-order valence-corrected chi connectivity index (χ3v) is 3.33. The van der Waals surface area contributed by atoms with E-state index in [4.69, 9.17) is 21.6 Å². The Morgan fingerprint density at radius 1 is 1.53 bits per heavy atom. The maximum absolute atomic E-state index is 7.99. The van der Waals surface area contributed by atoms with Crippen LogP contribution in [0, 0.1) is 5.41 Å². The molecular weight excluding hydrogens is 264 g/mol. The van der Waals surface area contributed by atoms with Gasteiger partial charge in [0.1, 0.15) is 11.8 Å². The number of aliphatic imine (C=N–C) groups is 2. The van der Waals surface area contributed by atoms with E-state index in [0.717, 1.165) is 5.57 Å². The number of aromatic nitrogens is 1. The van der Waals surface area contributed by atoms with Crippen molar-refractivity contribution in [3.63, 3.8) is 0 Å². The van der Waals surface area contributed by atoms with E-state index in [2.05, 4.69) is 15.0 Å². The molecule has 100 valence electrons. The average molecular weight is 278 g/mol. The lowest BCUT2D eigenvalue weighted by atomic mass is 10.0. The van der Waals surface area contributed by atoms with Crippen LogP contribution in [0.5, 0.6) is 0 Å². The first-order chi connectivity index (χ1) is 9.02. The van der Waals surface area contributed by atoms with Crippen LogP contribution >= 0.6 is 11.3 Å². The monoisotopic (exact) mass is 278 g/mol. The first kappa shape index (κ1) is 13.4. The van der Waals surface area contributed by atoms with Crippen LogP contribution in [0.4, 0.5) is 5.13 Å². The van der Waals surface area contributed by atoms with Gasteiger partial charge in [-0.1, -0.05) is 0 Å². The minimum atomic E-state index is -0.403. The summed E-state index contributed by atoms with van der Waals surface area (Å²) in [6, 6.07) is 0. The highest BCUT2D eigenvalue weighted by molar-refractivity contribution is 7.13. The molecular formula is C11H14N6OS. The van der Waals surface area contributed by atoms with Gasteiger partial charge >= 0.3 is 0 Å². The SMILES string of the molecule is COC1C=NC(c2csc(N=C(N)N)n2)=C(C)C1=N.